The van der Waals surface area contributed by atoms with Gasteiger partial charge in [0.1, 0.15) is 12.2 Å². The summed E-state index contributed by atoms with van der Waals surface area (Å²) in [6.07, 6.45) is 1.71. The van der Waals surface area contributed by atoms with Gasteiger partial charge < -0.3 is 14.8 Å². The molecule has 0 amide bonds. The molecule has 84 valence electrons. The fraction of sp³-hybridized carbons (Fsp3) is 0.778. The summed E-state index contributed by atoms with van der Waals surface area (Å²) in [6, 6.07) is 0. The van der Waals surface area contributed by atoms with E-state index >= 15 is 0 Å². The third-order valence-electron chi connectivity index (χ3n) is 2.35. The third kappa shape index (κ3) is 2.98. The molecule has 15 heavy (non-hydrogen) atoms. The number of nitrogens with one attached hydrogen (secondary N) is 1. The third-order valence-corrected chi connectivity index (χ3v) is 2.35. The highest BCUT2D eigenvalue weighted by Gasteiger charge is 2.13. The van der Waals surface area contributed by atoms with E-state index in [1.807, 2.05) is 7.05 Å². The van der Waals surface area contributed by atoms with Gasteiger partial charge in [0, 0.05) is 13.6 Å². The molecular weight excluding hydrogens is 196 g/mol. The van der Waals surface area contributed by atoms with Crippen molar-refractivity contribution in [3.8, 4) is 0 Å². The number of aromatic nitrogens is 3. The molecule has 0 bridgehead atoms. The van der Waals surface area contributed by atoms with Crippen LogP contribution in [0.1, 0.15) is 5.82 Å². The monoisotopic (exact) mass is 212 g/mol. The smallest absolute Gasteiger partial charge is 0.140 e. The maximum Gasteiger partial charge on any atom is 0.140 e. The Morgan fingerprint density at radius 2 is 2.53 bits per heavy atom. The second-order valence-electron chi connectivity index (χ2n) is 3.50. The van der Waals surface area contributed by atoms with Crippen molar-refractivity contribution in [2.45, 2.75) is 12.6 Å². The summed E-state index contributed by atoms with van der Waals surface area (Å²) in [6.45, 7) is 3.56. The zero-order chi connectivity index (χ0) is 10.5. The predicted octanol–water partition coefficient (Wildman–Crippen LogP) is -0.680. The minimum Gasteiger partial charge on any atom is -0.376 e. The first kappa shape index (κ1) is 10.5. The first-order valence-electron chi connectivity index (χ1n) is 5.09. The van der Waals surface area contributed by atoms with Crippen LogP contribution < -0.4 is 5.32 Å². The van der Waals surface area contributed by atoms with Crippen LogP contribution >= 0.6 is 0 Å². The first-order chi connectivity index (χ1) is 7.36. The number of hydrogen-bond acceptors (Lipinski definition) is 5. The van der Waals surface area contributed by atoms with E-state index in [9.17, 15) is 0 Å². The summed E-state index contributed by atoms with van der Waals surface area (Å²) in [5.74, 6) is 0.923. The van der Waals surface area contributed by atoms with E-state index in [0.717, 1.165) is 12.4 Å². The fourth-order valence-electron chi connectivity index (χ4n) is 1.48. The van der Waals surface area contributed by atoms with Crippen LogP contribution in [0.2, 0.25) is 0 Å². The number of hydrogen-bond donors (Lipinski definition) is 1. The van der Waals surface area contributed by atoms with Crippen molar-refractivity contribution in [1.29, 1.82) is 0 Å². The Kier molecular flexibility index (Phi) is 3.65. The molecule has 1 aromatic heterocycles. The van der Waals surface area contributed by atoms with Crippen molar-refractivity contribution in [2.24, 2.45) is 7.05 Å². The van der Waals surface area contributed by atoms with E-state index in [-0.39, 0.29) is 6.10 Å². The van der Waals surface area contributed by atoms with Gasteiger partial charge in [-0.15, -0.1) is 0 Å². The lowest BCUT2D eigenvalue weighted by molar-refractivity contribution is -0.0865. The maximum atomic E-state index is 5.50. The van der Waals surface area contributed by atoms with Crippen molar-refractivity contribution in [2.75, 3.05) is 26.4 Å². The average molecular weight is 212 g/mol. The van der Waals surface area contributed by atoms with Crippen molar-refractivity contribution in [1.82, 2.24) is 20.1 Å². The van der Waals surface area contributed by atoms with E-state index in [1.54, 1.807) is 11.0 Å². The molecule has 1 aliphatic rings. The quantitative estimate of drug-likeness (QED) is 0.716. The zero-order valence-electron chi connectivity index (χ0n) is 8.85. The Labute approximate surface area is 88.6 Å². The van der Waals surface area contributed by atoms with Crippen LogP contribution in [0.3, 0.4) is 0 Å². The molecule has 0 radical (unpaired) electrons. The largest absolute Gasteiger partial charge is 0.376 e. The standard InChI is InChI=1S/C9H16N4O2/c1-13-9(11-7-12-13)5-10-4-8-6-14-2-3-15-8/h7-8,10H,2-6H2,1H3. The van der Waals surface area contributed by atoms with Gasteiger partial charge in [-0.2, -0.15) is 5.10 Å². The minimum atomic E-state index is 0.159. The lowest BCUT2D eigenvalue weighted by Gasteiger charge is -2.22. The summed E-state index contributed by atoms with van der Waals surface area (Å²) in [5.41, 5.74) is 0. The number of ether oxygens (including phenoxy) is 2. The molecule has 0 spiro atoms. The molecule has 2 heterocycles. The van der Waals surface area contributed by atoms with Gasteiger partial charge in [-0.3, -0.25) is 4.68 Å². The Morgan fingerprint density at radius 1 is 1.60 bits per heavy atom. The Morgan fingerprint density at radius 3 is 3.20 bits per heavy atom. The molecule has 0 aromatic carbocycles. The van der Waals surface area contributed by atoms with Crippen molar-refractivity contribution < 1.29 is 9.47 Å². The minimum absolute atomic E-state index is 0.159. The highest BCUT2D eigenvalue weighted by Crippen LogP contribution is 1.99. The summed E-state index contributed by atoms with van der Waals surface area (Å²) in [5, 5.41) is 7.26. The highest BCUT2D eigenvalue weighted by atomic mass is 16.6. The van der Waals surface area contributed by atoms with Gasteiger partial charge in [-0.05, 0) is 0 Å². The van der Waals surface area contributed by atoms with E-state index < -0.39 is 0 Å². The SMILES string of the molecule is Cn1ncnc1CNCC1COCCO1. The number of aryl methyl sites for hydroxylation is 1. The van der Waals surface area contributed by atoms with Crippen LogP contribution in [-0.2, 0) is 23.1 Å². The summed E-state index contributed by atoms with van der Waals surface area (Å²) in [7, 11) is 1.88. The fourth-order valence-corrected chi connectivity index (χ4v) is 1.48. The molecule has 0 saturated carbocycles. The molecule has 2 rings (SSSR count). The molecule has 1 unspecified atom stereocenters. The van der Waals surface area contributed by atoms with Gasteiger partial charge in [0.05, 0.1) is 32.5 Å². The van der Waals surface area contributed by atoms with Gasteiger partial charge in [0.15, 0.2) is 0 Å². The molecule has 6 heteroatoms. The van der Waals surface area contributed by atoms with Gasteiger partial charge in [0.2, 0.25) is 0 Å². The van der Waals surface area contributed by atoms with E-state index in [0.29, 0.717) is 26.4 Å². The van der Waals surface area contributed by atoms with Crippen LogP contribution in [0, 0.1) is 0 Å². The Hall–Kier alpha value is -0.980. The summed E-state index contributed by atoms with van der Waals surface area (Å²) in [4.78, 5) is 4.12. The van der Waals surface area contributed by atoms with Gasteiger partial charge in [-0.25, -0.2) is 4.98 Å². The summed E-state index contributed by atoms with van der Waals surface area (Å²) >= 11 is 0. The second-order valence-corrected chi connectivity index (χ2v) is 3.50. The average Bonchev–Trinajstić information content (AvgIpc) is 2.66. The molecule has 6 nitrogen and oxygen atoms in total. The first-order valence-corrected chi connectivity index (χ1v) is 5.09. The number of nitrogens with zero attached hydrogens (tertiary/aromatic N) is 3. The topological polar surface area (TPSA) is 61.2 Å². The van der Waals surface area contributed by atoms with Crippen LogP contribution in [0.15, 0.2) is 6.33 Å². The summed E-state index contributed by atoms with van der Waals surface area (Å²) < 4.78 is 12.5. The lowest BCUT2D eigenvalue weighted by atomic mass is 10.3. The normalized spacial score (nSPS) is 21.8. The molecule has 1 aliphatic heterocycles. The van der Waals surface area contributed by atoms with Crippen LogP contribution in [-0.4, -0.2) is 47.2 Å². The zero-order valence-corrected chi connectivity index (χ0v) is 8.85. The molecule has 1 N–H and O–H groups in total. The molecule has 1 atom stereocenters. The van der Waals surface area contributed by atoms with Crippen LogP contribution in [0.5, 0.6) is 0 Å². The number of rotatable bonds is 4. The molecule has 0 aliphatic carbocycles. The van der Waals surface area contributed by atoms with Crippen LogP contribution in [0.25, 0.3) is 0 Å². The highest BCUT2D eigenvalue weighted by molar-refractivity contribution is 4.82. The maximum absolute atomic E-state index is 5.50. The van der Waals surface area contributed by atoms with Crippen molar-refractivity contribution in [3.05, 3.63) is 12.2 Å². The molecule has 1 aromatic rings. The van der Waals surface area contributed by atoms with E-state index in [4.69, 9.17) is 9.47 Å². The van der Waals surface area contributed by atoms with Crippen molar-refractivity contribution in [3.63, 3.8) is 0 Å². The molecule has 1 fully saturated rings. The van der Waals surface area contributed by atoms with Gasteiger partial charge in [0.25, 0.3) is 0 Å². The van der Waals surface area contributed by atoms with Gasteiger partial charge >= 0.3 is 0 Å². The van der Waals surface area contributed by atoms with E-state index in [1.165, 1.54) is 0 Å². The Balaban J connectivity index is 1.68. The van der Waals surface area contributed by atoms with Crippen molar-refractivity contribution >= 4 is 0 Å². The Bertz CT molecular complexity index is 296. The lowest BCUT2D eigenvalue weighted by Crippen LogP contribution is -2.37. The molecule has 1 saturated heterocycles. The second kappa shape index (κ2) is 5.20. The van der Waals surface area contributed by atoms with Gasteiger partial charge in [-0.1, -0.05) is 0 Å². The molecular formula is C9H16N4O2. The predicted molar refractivity (Wildman–Crippen MR) is 53.3 cm³/mol. The van der Waals surface area contributed by atoms with E-state index in [2.05, 4.69) is 15.4 Å². The van der Waals surface area contributed by atoms with Crippen LogP contribution in [0.4, 0.5) is 0 Å².